The number of aryl methyl sites for hydroxylation is 1. The van der Waals surface area contributed by atoms with Crippen LogP contribution in [0.3, 0.4) is 0 Å². The third-order valence-corrected chi connectivity index (χ3v) is 3.45. The molecule has 0 unspecified atom stereocenters. The van der Waals surface area contributed by atoms with Crippen LogP contribution >= 0.6 is 0 Å². The summed E-state index contributed by atoms with van der Waals surface area (Å²) in [7, 11) is 0. The molecule has 0 aliphatic rings. The van der Waals surface area contributed by atoms with E-state index >= 15 is 0 Å². The number of aromatic carboxylic acids is 1. The Labute approximate surface area is 132 Å². The Bertz CT molecular complexity index is 874. The van der Waals surface area contributed by atoms with Crippen molar-refractivity contribution >= 4 is 5.97 Å². The van der Waals surface area contributed by atoms with Crippen LogP contribution in [0.1, 0.15) is 21.6 Å². The lowest BCUT2D eigenvalue weighted by atomic mass is 10.1. The van der Waals surface area contributed by atoms with Crippen LogP contribution in [0.25, 0.3) is 11.3 Å². The smallest absolute Gasteiger partial charge is 0.358 e. The first kappa shape index (κ1) is 14.9. The average molecular weight is 311 g/mol. The maximum atomic E-state index is 13.3. The van der Waals surface area contributed by atoms with E-state index in [0.717, 1.165) is 5.56 Å². The summed E-state index contributed by atoms with van der Waals surface area (Å²) in [6, 6.07) is 13.5. The zero-order valence-corrected chi connectivity index (χ0v) is 12.4. The molecule has 0 bridgehead atoms. The van der Waals surface area contributed by atoms with Gasteiger partial charge < -0.3 is 5.11 Å². The first-order chi connectivity index (χ1) is 11.0. The van der Waals surface area contributed by atoms with Gasteiger partial charge in [-0.2, -0.15) is 0 Å². The van der Waals surface area contributed by atoms with Crippen molar-refractivity contribution in [1.82, 2.24) is 15.0 Å². The molecule has 23 heavy (non-hydrogen) atoms. The van der Waals surface area contributed by atoms with E-state index in [1.165, 1.54) is 16.8 Å². The minimum atomic E-state index is -1.15. The van der Waals surface area contributed by atoms with Crippen molar-refractivity contribution in [2.75, 3.05) is 0 Å². The SMILES string of the molecule is Cc1cccc(-c2c(C(=O)O)nnn2Cc2cccc(F)c2)c1. The number of hydrogen-bond donors (Lipinski definition) is 1. The van der Waals surface area contributed by atoms with Crippen LogP contribution in [0.15, 0.2) is 48.5 Å². The highest BCUT2D eigenvalue weighted by molar-refractivity contribution is 5.92. The molecule has 0 saturated carbocycles. The van der Waals surface area contributed by atoms with Crippen molar-refractivity contribution in [2.24, 2.45) is 0 Å². The lowest BCUT2D eigenvalue weighted by Gasteiger charge is -2.08. The predicted octanol–water partition coefficient (Wildman–Crippen LogP) is 3.14. The van der Waals surface area contributed by atoms with Gasteiger partial charge in [-0.15, -0.1) is 5.10 Å². The van der Waals surface area contributed by atoms with Gasteiger partial charge in [0.25, 0.3) is 0 Å². The third-order valence-electron chi connectivity index (χ3n) is 3.45. The Morgan fingerprint density at radius 3 is 2.70 bits per heavy atom. The molecule has 0 saturated heterocycles. The number of benzene rings is 2. The van der Waals surface area contributed by atoms with Crippen molar-refractivity contribution in [3.05, 3.63) is 71.2 Å². The van der Waals surface area contributed by atoms with Gasteiger partial charge in [-0.3, -0.25) is 0 Å². The highest BCUT2D eigenvalue weighted by Gasteiger charge is 2.20. The summed E-state index contributed by atoms with van der Waals surface area (Å²) in [5, 5.41) is 17.0. The van der Waals surface area contributed by atoms with E-state index in [4.69, 9.17) is 0 Å². The molecular weight excluding hydrogens is 297 g/mol. The first-order valence-electron chi connectivity index (χ1n) is 7.03. The van der Waals surface area contributed by atoms with E-state index in [1.807, 2.05) is 25.1 Å². The first-order valence-corrected chi connectivity index (χ1v) is 7.03. The summed E-state index contributed by atoms with van der Waals surface area (Å²) in [6.45, 7) is 2.16. The van der Waals surface area contributed by atoms with Crippen LogP contribution in [0.2, 0.25) is 0 Å². The number of nitrogens with zero attached hydrogens (tertiary/aromatic N) is 3. The summed E-state index contributed by atoms with van der Waals surface area (Å²) >= 11 is 0. The number of carboxylic acid groups (broad SMARTS) is 1. The molecule has 1 heterocycles. The van der Waals surface area contributed by atoms with Crippen LogP contribution in [0.5, 0.6) is 0 Å². The largest absolute Gasteiger partial charge is 0.476 e. The fourth-order valence-electron chi connectivity index (χ4n) is 2.45. The molecule has 6 heteroatoms. The standard InChI is InChI=1S/C17H14FN3O2/c1-11-4-2-6-13(8-11)16-15(17(22)23)19-20-21(16)10-12-5-3-7-14(18)9-12/h2-9H,10H2,1H3,(H,22,23). The predicted molar refractivity (Wildman–Crippen MR) is 82.7 cm³/mol. The van der Waals surface area contributed by atoms with Gasteiger partial charge in [0.15, 0.2) is 5.69 Å². The van der Waals surface area contributed by atoms with Gasteiger partial charge in [-0.05, 0) is 30.7 Å². The molecular formula is C17H14FN3O2. The highest BCUT2D eigenvalue weighted by atomic mass is 19.1. The number of carbonyl (C=O) groups is 1. The molecule has 1 aromatic heterocycles. The normalized spacial score (nSPS) is 10.7. The lowest BCUT2D eigenvalue weighted by Crippen LogP contribution is -2.06. The molecule has 0 atom stereocenters. The molecule has 5 nitrogen and oxygen atoms in total. The molecule has 0 aliphatic heterocycles. The third kappa shape index (κ3) is 3.11. The van der Waals surface area contributed by atoms with E-state index in [0.29, 0.717) is 16.8 Å². The monoisotopic (exact) mass is 311 g/mol. The molecule has 1 N–H and O–H groups in total. The van der Waals surface area contributed by atoms with Gasteiger partial charge in [0.2, 0.25) is 0 Å². The second-order valence-corrected chi connectivity index (χ2v) is 5.25. The Morgan fingerprint density at radius 2 is 2.00 bits per heavy atom. The van der Waals surface area contributed by atoms with Crippen LogP contribution in [-0.4, -0.2) is 26.1 Å². The van der Waals surface area contributed by atoms with E-state index in [2.05, 4.69) is 10.3 Å². The lowest BCUT2D eigenvalue weighted by molar-refractivity contribution is 0.0691. The van der Waals surface area contributed by atoms with Gasteiger partial charge >= 0.3 is 5.97 Å². The number of carboxylic acids is 1. The topological polar surface area (TPSA) is 68.0 Å². The number of rotatable bonds is 4. The van der Waals surface area contributed by atoms with Crippen LogP contribution in [0, 0.1) is 12.7 Å². The van der Waals surface area contributed by atoms with Gasteiger partial charge in [0.05, 0.1) is 6.54 Å². The van der Waals surface area contributed by atoms with Crippen LogP contribution in [-0.2, 0) is 6.54 Å². The fourth-order valence-corrected chi connectivity index (χ4v) is 2.45. The highest BCUT2D eigenvalue weighted by Crippen LogP contribution is 2.24. The zero-order chi connectivity index (χ0) is 16.4. The zero-order valence-electron chi connectivity index (χ0n) is 12.4. The van der Waals surface area contributed by atoms with Gasteiger partial charge in [-0.25, -0.2) is 13.9 Å². The maximum absolute atomic E-state index is 13.3. The average Bonchev–Trinajstić information content (AvgIpc) is 2.91. The molecule has 0 fully saturated rings. The van der Waals surface area contributed by atoms with E-state index in [-0.39, 0.29) is 18.1 Å². The Balaban J connectivity index is 2.09. The van der Waals surface area contributed by atoms with E-state index in [9.17, 15) is 14.3 Å². The molecule has 0 aliphatic carbocycles. The molecule has 0 radical (unpaired) electrons. The summed E-state index contributed by atoms with van der Waals surface area (Å²) < 4.78 is 14.8. The Kier molecular flexibility index (Phi) is 3.89. The fraction of sp³-hybridized carbons (Fsp3) is 0.118. The Hall–Kier alpha value is -3.02. The second-order valence-electron chi connectivity index (χ2n) is 5.25. The van der Waals surface area contributed by atoms with Gasteiger partial charge in [-0.1, -0.05) is 41.1 Å². The number of aromatic nitrogens is 3. The molecule has 3 rings (SSSR count). The van der Waals surface area contributed by atoms with Crippen molar-refractivity contribution < 1.29 is 14.3 Å². The Morgan fingerprint density at radius 1 is 1.22 bits per heavy atom. The maximum Gasteiger partial charge on any atom is 0.358 e. The number of hydrogen-bond acceptors (Lipinski definition) is 3. The molecule has 0 spiro atoms. The molecule has 116 valence electrons. The van der Waals surface area contributed by atoms with E-state index < -0.39 is 5.97 Å². The summed E-state index contributed by atoms with van der Waals surface area (Å²) in [4.78, 5) is 11.4. The minimum Gasteiger partial charge on any atom is -0.476 e. The molecule has 2 aromatic carbocycles. The summed E-state index contributed by atoms with van der Waals surface area (Å²) in [6.07, 6.45) is 0. The van der Waals surface area contributed by atoms with Gasteiger partial charge in [0, 0.05) is 5.56 Å². The van der Waals surface area contributed by atoms with Gasteiger partial charge in [0.1, 0.15) is 11.5 Å². The number of halogens is 1. The van der Waals surface area contributed by atoms with E-state index in [1.54, 1.807) is 18.2 Å². The van der Waals surface area contributed by atoms with Crippen molar-refractivity contribution in [3.63, 3.8) is 0 Å². The van der Waals surface area contributed by atoms with Crippen molar-refractivity contribution in [3.8, 4) is 11.3 Å². The van der Waals surface area contributed by atoms with Crippen molar-refractivity contribution in [1.29, 1.82) is 0 Å². The summed E-state index contributed by atoms with van der Waals surface area (Å²) in [5.41, 5.74) is 2.68. The molecule has 3 aromatic rings. The second kappa shape index (κ2) is 6.00. The minimum absolute atomic E-state index is 0.119. The van der Waals surface area contributed by atoms with Crippen LogP contribution in [0.4, 0.5) is 4.39 Å². The molecule has 0 amide bonds. The summed E-state index contributed by atoms with van der Waals surface area (Å²) in [5.74, 6) is -1.50. The van der Waals surface area contributed by atoms with Crippen molar-refractivity contribution in [2.45, 2.75) is 13.5 Å². The quantitative estimate of drug-likeness (QED) is 0.803. The van der Waals surface area contributed by atoms with Crippen LogP contribution < -0.4 is 0 Å².